The van der Waals surface area contributed by atoms with Crippen molar-refractivity contribution in [1.29, 1.82) is 0 Å². The summed E-state index contributed by atoms with van der Waals surface area (Å²) in [6.07, 6.45) is 12.2. The zero-order chi connectivity index (χ0) is 14.4. The zero-order valence-electron chi connectivity index (χ0n) is 12.5. The minimum Gasteiger partial charge on any atom is -0.352 e. The smallest absolute Gasteiger partial charge is 0.256 e. The van der Waals surface area contributed by atoms with Crippen LogP contribution in [0.2, 0.25) is 0 Å². The number of nitrogens with one attached hydrogen (secondary N) is 1. The predicted molar refractivity (Wildman–Crippen MR) is 80.1 cm³/mol. The van der Waals surface area contributed by atoms with Crippen LogP contribution in [0.3, 0.4) is 0 Å². The van der Waals surface area contributed by atoms with Gasteiger partial charge in [0.25, 0.3) is 5.91 Å². The number of carbonyl (C=O) groups excluding carboxylic acids is 1. The molecule has 0 spiro atoms. The lowest BCUT2D eigenvalue weighted by atomic mass is 9.92. The van der Waals surface area contributed by atoms with Crippen LogP contribution in [0.15, 0.2) is 18.6 Å². The van der Waals surface area contributed by atoms with Crippen molar-refractivity contribution in [3.8, 4) is 0 Å². The third kappa shape index (κ3) is 2.06. The van der Waals surface area contributed by atoms with Crippen molar-refractivity contribution in [2.24, 2.45) is 24.8 Å². The molecule has 21 heavy (non-hydrogen) atoms. The second-order valence-corrected chi connectivity index (χ2v) is 6.64. The van der Waals surface area contributed by atoms with Crippen LogP contribution >= 0.6 is 0 Å². The quantitative estimate of drug-likeness (QED) is 0.940. The molecule has 2 saturated carbocycles. The van der Waals surface area contributed by atoms with Crippen LogP contribution in [0, 0.1) is 17.8 Å². The molecule has 2 aliphatic carbocycles. The fraction of sp³-hybridized carbons (Fsp3) is 0.625. The molecule has 0 aromatic carbocycles. The maximum Gasteiger partial charge on any atom is 0.256 e. The molecule has 2 aromatic heterocycles. The molecule has 2 aliphatic rings. The van der Waals surface area contributed by atoms with Gasteiger partial charge in [-0.05, 0) is 37.0 Å². The van der Waals surface area contributed by atoms with Crippen molar-refractivity contribution in [3.63, 3.8) is 0 Å². The molecule has 5 nitrogen and oxygen atoms in total. The number of amides is 1. The van der Waals surface area contributed by atoms with E-state index in [1.165, 1.54) is 32.1 Å². The molecule has 0 aliphatic heterocycles. The number of hydrogen-bond acceptors (Lipinski definition) is 2. The fourth-order valence-electron chi connectivity index (χ4n) is 4.47. The molecular weight excluding hydrogens is 264 g/mol. The Morgan fingerprint density at radius 3 is 3.14 bits per heavy atom. The van der Waals surface area contributed by atoms with Crippen LogP contribution in [0.4, 0.5) is 0 Å². The van der Waals surface area contributed by atoms with E-state index in [0.717, 1.165) is 24.0 Å². The van der Waals surface area contributed by atoms with E-state index in [4.69, 9.17) is 0 Å². The first-order valence-corrected chi connectivity index (χ1v) is 8.01. The number of imidazole rings is 1. The molecule has 2 heterocycles. The standard InChI is InChI=1S/C16H22N4O/c1-19-7-8-20-16(19)14(10-18-20)15(21)17-9-12-6-5-11-3-2-4-13(11)12/h7-8,10-13H,2-6,9H2,1H3,(H,17,21)/t11-,12+,13-/m0/s1. The van der Waals surface area contributed by atoms with Gasteiger partial charge in [0.05, 0.1) is 6.20 Å². The lowest BCUT2D eigenvalue weighted by Gasteiger charge is -2.18. The van der Waals surface area contributed by atoms with Crippen LogP contribution in [0.5, 0.6) is 0 Å². The van der Waals surface area contributed by atoms with E-state index in [2.05, 4.69) is 10.4 Å². The average molecular weight is 286 g/mol. The molecule has 1 amide bonds. The van der Waals surface area contributed by atoms with Crippen LogP contribution < -0.4 is 5.32 Å². The predicted octanol–water partition coefficient (Wildman–Crippen LogP) is 2.23. The number of carbonyl (C=O) groups is 1. The Labute approximate surface area is 124 Å². The first-order chi connectivity index (χ1) is 10.2. The van der Waals surface area contributed by atoms with Gasteiger partial charge in [-0.2, -0.15) is 5.10 Å². The summed E-state index contributed by atoms with van der Waals surface area (Å²) in [7, 11) is 1.94. The maximum absolute atomic E-state index is 12.4. The highest BCUT2D eigenvalue weighted by Gasteiger charge is 2.38. The SMILES string of the molecule is Cn1ccn2ncc(C(=O)NC[C@H]3CC[C@@H]4CCC[C@@H]43)c12. The highest BCUT2D eigenvalue weighted by Crippen LogP contribution is 2.47. The third-order valence-corrected chi connectivity index (χ3v) is 5.54. The largest absolute Gasteiger partial charge is 0.352 e. The van der Waals surface area contributed by atoms with Crippen molar-refractivity contribution in [2.45, 2.75) is 32.1 Å². The summed E-state index contributed by atoms with van der Waals surface area (Å²) in [4.78, 5) is 12.4. The molecule has 0 radical (unpaired) electrons. The minimum atomic E-state index is 0.00764. The van der Waals surface area contributed by atoms with E-state index in [-0.39, 0.29) is 5.91 Å². The van der Waals surface area contributed by atoms with Crippen molar-refractivity contribution in [3.05, 3.63) is 24.2 Å². The van der Waals surface area contributed by atoms with Gasteiger partial charge in [0, 0.05) is 26.0 Å². The lowest BCUT2D eigenvalue weighted by molar-refractivity contribution is 0.0944. The molecule has 4 rings (SSSR count). The van der Waals surface area contributed by atoms with E-state index in [9.17, 15) is 4.79 Å². The molecule has 2 fully saturated rings. The molecule has 0 unspecified atom stereocenters. The summed E-state index contributed by atoms with van der Waals surface area (Å²) in [5, 5.41) is 7.37. The summed E-state index contributed by atoms with van der Waals surface area (Å²) in [5.41, 5.74) is 1.53. The number of fused-ring (bicyclic) bond motifs is 2. The summed E-state index contributed by atoms with van der Waals surface area (Å²) >= 11 is 0. The van der Waals surface area contributed by atoms with Crippen LogP contribution in [-0.2, 0) is 7.05 Å². The second kappa shape index (κ2) is 4.90. The monoisotopic (exact) mass is 286 g/mol. The van der Waals surface area contributed by atoms with Crippen molar-refractivity contribution in [1.82, 2.24) is 19.5 Å². The summed E-state index contributed by atoms with van der Waals surface area (Å²) in [6.45, 7) is 0.821. The average Bonchev–Trinajstić information content (AvgIpc) is 3.18. The van der Waals surface area contributed by atoms with Gasteiger partial charge in [0.2, 0.25) is 0 Å². The van der Waals surface area contributed by atoms with Gasteiger partial charge in [-0.3, -0.25) is 4.79 Å². The summed E-state index contributed by atoms with van der Waals surface area (Å²) in [6, 6.07) is 0. The highest BCUT2D eigenvalue weighted by atomic mass is 16.1. The first-order valence-electron chi connectivity index (χ1n) is 8.01. The van der Waals surface area contributed by atoms with Gasteiger partial charge in [-0.1, -0.05) is 12.8 Å². The highest BCUT2D eigenvalue weighted by molar-refractivity contribution is 5.99. The molecule has 0 bridgehead atoms. The molecule has 1 N–H and O–H groups in total. The Kier molecular flexibility index (Phi) is 3.01. The Morgan fingerprint density at radius 2 is 2.24 bits per heavy atom. The summed E-state index contributed by atoms with van der Waals surface area (Å²) < 4.78 is 3.68. The molecule has 0 saturated heterocycles. The second-order valence-electron chi connectivity index (χ2n) is 6.64. The van der Waals surface area contributed by atoms with E-state index < -0.39 is 0 Å². The fourth-order valence-corrected chi connectivity index (χ4v) is 4.47. The zero-order valence-corrected chi connectivity index (χ0v) is 12.5. The van der Waals surface area contributed by atoms with Crippen molar-refractivity contribution in [2.75, 3.05) is 6.54 Å². The van der Waals surface area contributed by atoms with Crippen molar-refractivity contribution >= 4 is 11.6 Å². The van der Waals surface area contributed by atoms with Gasteiger partial charge in [-0.15, -0.1) is 0 Å². The third-order valence-electron chi connectivity index (χ3n) is 5.54. The van der Waals surface area contributed by atoms with Gasteiger partial charge < -0.3 is 9.88 Å². The van der Waals surface area contributed by atoms with Gasteiger partial charge in [-0.25, -0.2) is 4.52 Å². The Morgan fingerprint density at radius 1 is 1.33 bits per heavy atom. The first kappa shape index (κ1) is 12.9. The van der Waals surface area contributed by atoms with Crippen LogP contribution in [0.1, 0.15) is 42.5 Å². The van der Waals surface area contributed by atoms with E-state index in [1.807, 2.05) is 24.0 Å². The Bertz CT molecular complexity index is 671. The van der Waals surface area contributed by atoms with E-state index >= 15 is 0 Å². The molecular formula is C16H22N4O. The van der Waals surface area contributed by atoms with Gasteiger partial charge in [0.15, 0.2) is 0 Å². The van der Waals surface area contributed by atoms with Gasteiger partial charge >= 0.3 is 0 Å². The Balaban J connectivity index is 1.45. The van der Waals surface area contributed by atoms with Crippen LogP contribution in [0.25, 0.3) is 5.65 Å². The number of aryl methyl sites for hydroxylation is 1. The van der Waals surface area contributed by atoms with Crippen molar-refractivity contribution < 1.29 is 4.79 Å². The number of rotatable bonds is 3. The molecule has 3 atom stereocenters. The topological polar surface area (TPSA) is 51.3 Å². The van der Waals surface area contributed by atoms with Crippen LogP contribution in [-0.4, -0.2) is 26.6 Å². The Hall–Kier alpha value is -1.78. The maximum atomic E-state index is 12.4. The molecule has 112 valence electrons. The number of nitrogens with zero attached hydrogens (tertiary/aromatic N) is 3. The normalized spacial score (nSPS) is 28.1. The van der Waals surface area contributed by atoms with E-state index in [1.54, 1.807) is 10.7 Å². The number of aromatic nitrogens is 3. The molecule has 2 aromatic rings. The van der Waals surface area contributed by atoms with Gasteiger partial charge in [0.1, 0.15) is 11.2 Å². The molecule has 5 heteroatoms. The number of hydrogen-bond donors (Lipinski definition) is 1. The van der Waals surface area contributed by atoms with E-state index in [0.29, 0.717) is 11.5 Å². The summed E-state index contributed by atoms with van der Waals surface area (Å²) in [5.74, 6) is 2.48. The lowest BCUT2D eigenvalue weighted by Crippen LogP contribution is -2.31. The minimum absolute atomic E-state index is 0.00764.